The van der Waals surface area contributed by atoms with Crippen molar-refractivity contribution in [2.45, 2.75) is 51.4 Å². The van der Waals surface area contributed by atoms with E-state index in [-0.39, 0.29) is 11.5 Å². The molecule has 6 rings (SSSR count). The number of nitrogen functional groups attached to an aromatic ring is 2. The second kappa shape index (κ2) is 19.3. The van der Waals surface area contributed by atoms with E-state index in [4.69, 9.17) is 20.9 Å². The number of hydrogen-bond donors (Lipinski definition) is 2. The van der Waals surface area contributed by atoms with E-state index in [0.29, 0.717) is 24.5 Å². The molecule has 0 radical (unpaired) electrons. The Balaban J connectivity index is 0.000000208. The van der Waals surface area contributed by atoms with Gasteiger partial charge in [-0.15, -0.1) is 0 Å². The van der Waals surface area contributed by atoms with E-state index >= 15 is 0 Å². The van der Waals surface area contributed by atoms with E-state index in [1.807, 2.05) is 24.3 Å². The molecule has 2 aromatic rings. The van der Waals surface area contributed by atoms with E-state index in [1.54, 1.807) is 14.2 Å². The van der Waals surface area contributed by atoms with Crippen LogP contribution in [0.4, 0.5) is 22.7 Å². The number of sulfone groups is 2. The molecule has 4 N–H and O–H groups in total. The van der Waals surface area contributed by atoms with Crippen LogP contribution in [0, 0.1) is 23.7 Å². The molecule has 0 aliphatic carbocycles. The lowest BCUT2D eigenvalue weighted by atomic mass is 9.78. The summed E-state index contributed by atoms with van der Waals surface area (Å²) in [6.07, 6.45) is 12.3. The van der Waals surface area contributed by atoms with Crippen molar-refractivity contribution in [2.75, 3.05) is 125 Å². The normalized spacial score (nSPS) is 20.7. The Labute approximate surface area is 325 Å². The van der Waals surface area contributed by atoms with Crippen molar-refractivity contribution in [1.29, 1.82) is 0 Å². The first kappa shape index (κ1) is 42.2. The number of benzene rings is 2. The number of nitrogens with two attached hydrogens (primary N) is 2. The highest BCUT2D eigenvalue weighted by Crippen LogP contribution is 2.37. The van der Waals surface area contributed by atoms with Gasteiger partial charge in [0.2, 0.25) is 0 Å². The lowest BCUT2D eigenvalue weighted by Gasteiger charge is -2.41. The first-order valence-electron chi connectivity index (χ1n) is 19.9. The predicted octanol–water partition coefficient (Wildman–Crippen LogP) is 4.50. The lowest BCUT2D eigenvalue weighted by molar-refractivity contribution is 0.139. The molecule has 0 unspecified atom stereocenters. The summed E-state index contributed by atoms with van der Waals surface area (Å²) in [6, 6.07) is 12.1. The summed E-state index contributed by atoms with van der Waals surface area (Å²) in [5.41, 5.74) is 15.6. The van der Waals surface area contributed by atoms with Gasteiger partial charge in [0.05, 0.1) is 37.1 Å². The molecule has 4 heterocycles. The van der Waals surface area contributed by atoms with E-state index in [1.165, 1.54) is 75.3 Å². The zero-order chi connectivity index (χ0) is 38.9. The third-order valence-electron chi connectivity index (χ3n) is 12.4. The maximum Gasteiger partial charge on any atom is 0.148 e. The first-order valence-corrected chi connectivity index (χ1v) is 24.0. The molecule has 0 amide bonds. The molecule has 4 aliphatic rings. The zero-order valence-electron chi connectivity index (χ0n) is 33.1. The van der Waals surface area contributed by atoms with Gasteiger partial charge in [-0.05, 0) is 125 Å². The SMILES string of the molecule is COc1cc(N2CCC(C3CCN(CCS(C)(=O)=O)CC3)CC2)ccc1N.COc1cc(N2CCC(C3CCN(CCS(C)(=O)=O)CC3)CC2)ccc1N. The van der Waals surface area contributed by atoms with E-state index in [0.717, 1.165) is 87.5 Å². The van der Waals surface area contributed by atoms with Gasteiger partial charge in [-0.1, -0.05) is 0 Å². The van der Waals surface area contributed by atoms with Crippen molar-refractivity contribution in [3.05, 3.63) is 36.4 Å². The van der Waals surface area contributed by atoms with Gasteiger partial charge in [0, 0.05) is 75.3 Å². The molecule has 304 valence electrons. The fraction of sp³-hybridized carbons (Fsp3) is 0.700. The van der Waals surface area contributed by atoms with Gasteiger partial charge in [0.1, 0.15) is 31.2 Å². The van der Waals surface area contributed by atoms with Crippen LogP contribution in [0.1, 0.15) is 51.4 Å². The standard InChI is InChI=1S/2C20H33N3O3S/c2*1-26-20-15-18(3-4-19(20)21)23-11-7-17(8-12-23)16-5-9-22(10-6-16)13-14-27(2,24)25/h2*3-4,15-17H,5-14,21H2,1-2H3. The van der Waals surface area contributed by atoms with Crippen molar-refractivity contribution in [1.82, 2.24) is 9.80 Å². The van der Waals surface area contributed by atoms with Gasteiger partial charge in [0.25, 0.3) is 0 Å². The Hall–Kier alpha value is -2.94. The van der Waals surface area contributed by atoms with Crippen LogP contribution in [-0.4, -0.2) is 130 Å². The first-order chi connectivity index (χ1) is 25.7. The van der Waals surface area contributed by atoms with E-state index < -0.39 is 19.7 Å². The highest BCUT2D eigenvalue weighted by molar-refractivity contribution is 7.90. The molecule has 4 saturated heterocycles. The molecule has 0 saturated carbocycles. The number of methoxy groups -OCH3 is 2. The Kier molecular flexibility index (Phi) is 15.1. The van der Waals surface area contributed by atoms with Gasteiger partial charge in [0.15, 0.2) is 0 Å². The summed E-state index contributed by atoms with van der Waals surface area (Å²) in [5, 5.41) is 0. The molecule has 0 bridgehead atoms. The average Bonchev–Trinajstić information content (AvgIpc) is 3.17. The lowest BCUT2D eigenvalue weighted by Crippen LogP contribution is -2.42. The summed E-state index contributed by atoms with van der Waals surface area (Å²) in [6.45, 7) is 9.82. The number of ether oxygens (including phenoxy) is 2. The molecule has 0 atom stereocenters. The number of likely N-dealkylation sites (tertiary alicyclic amines) is 2. The number of nitrogens with zero attached hydrogens (tertiary/aromatic N) is 4. The summed E-state index contributed by atoms with van der Waals surface area (Å²) in [7, 11) is -2.41. The maximum absolute atomic E-state index is 11.3. The number of hydrogen-bond acceptors (Lipinski definition) is 12. The van der Waals surface area contributed by atoms with Crippen LogP contribution in [0.15, 0.2) is 36.4 Å². The zero-order valence-corrected chi connectivity index (χ0v) is 34.8. The summed E-state index contributed by atoms with van der Waals surface area (Å²) in [4.78, 5) is 9.49. The fourth-order valence-electron chi connectivity index (χ4n) is 8.94. The van der Waals surface area contributed by atoms with E-state index in [2.05, 4.69) is 31.7 Å². The highest BCUT2D eigenvalue weighted by Gasteiger charge is 2.31. The van der Waals surface area contributed by atoms with Crippen molar-refractivity contribution in [3.63, 3.8) is 0 Å². The monoisotopic (exact) mass is 790 g/mol. The number of piperidine rings is 4. The molecule has 2 aromatic carbocycles. The molecule has 0 aromatic heterocycles. The maximum atomic E-state index is 11.3. The predicted molar refractivity (Wildman–Crippen MR) is 222 cm³/mol. The second-order valence-electron chi connectivity index (χ2n) is 16.1. The van der Waals surface area contributed by atoms with Crippen LogP contribution in [0.3, 0.4) is 0 Å². The largest absolute Gasteiger partial charge is 0.495 e. The fourth-order valence-corrected chi connectivity index (χ4v) is 10.1. The van der Waals surface area contributed by atoms with Crippen LogP contribution in [0.5, 0.6) is 11.5 Å². The van der Waals surface area contributed by atoms with E-state index in [9.17, 15) is 16.8 Å². The van der Waals surface area contributed by atoms with Crippen molar-refractivity contribution >= 4 is 42.4 Å². The quantitative estimate of drug-likeness (QED) is 0.292. The molecule has 14 heteroatoms. The van der Waals surface area contributed by atoms with Crippen molar-refractivity contribution < 1.29 is 26.3 Å². The van der Waals surface area contributed by atoms with Crippen molar-refractivity contribution in [3.8, 4) is 11.5 Å². The van der Waals surface area contributed by atoms with Crippen LogP contribution in [-0.2, 0) is 19.7 Å². The highest BCUT2D eigenvalue weighted by atomic mass is 32.2. The summed E-state index contributed by atoms with van der Waals surface area (Å²) < 4.78 is 56.1. The minimum Gasteiger partial charge on any atom is -0.495 e. The Morgan fingerprint density at radius 1 is 0.537 bits per heavy atom. The Morgan fingerprint density at radius 2 is 0.833 bits per heavy atom. The Morgan fingerprint density at radius 3 is 1.11 bits per heavy atom. The molecule has 4 fully saturated rings. The van der Waals surface area contributed by atoms with Gasteiger partial charge in [-0.3, -0.25) is 0 Å². The number of rotatable bonds is 12. The summed E-state index contributed by atoms with van der Waals surface area (Å²) >= 11 is 0. The smallest absolute Gasteiger partial charge is 0.148 e. The molecule has 54 heavy (non-hydrogen) atoms. The van der Waals surface area contributed by atoms with Gasteiger partial charge in [-0.25, -0.2) is 16.8 Å². The van der Waals surface area contributed by atoms with Gasteiger partial charge >= 0.3 is 0 Å². The van der Waals surface area contributed by atoms with Gasteiger partial charge in [-0.2, -0.15) is 0 Å². The molecule has 12 nitrogen and oxygen atoms in total. The van der Waals surface area contributed by atoms with Crippen molar-refractivity contribution in [2.24, 2.45) is 23.7 Å². The second-order valence-corrected chi connectivity index (χ2v) is 20.6. The topological polar surface area (TPSA) is 152 Å². The third-order valence-corrected chi connectivity index (χ3v) is 14.2. The average molecular weight is 791 g/mol. The minimum absolute atomic E-state index is 0.279. The summed E-state index contributed by atoms with van der Waals surface area (Å²) in [5.74, 6) is 5.18. The van der Waals surface area contributed by atoms with Gasteiger partial charge < -0.3 is 40.5 Å². The van der Waals surface area contributed by atoms with Crippen LogP contribution in [0.25, 0.3) is 0 Å². The molecular weight excluding hydrogens is 725 g/mol. The molecular formula is C40H66N6O6S2. The third kappa shape index (κ3) is 12.5. The molecule has 4 aliphatic heterocycles. The Bertz CT molecular complexity index is 1570. The minimum atomic E-state index is -2.86. The van der Waals surface area contributed by atoms with Crippen LogP contribution >= 0.6 is 0 Å². The molecule has 0 spiro atoms. The van der Waals surface area contributed by atoms with Crippen LogP contribution in [0.2, 0.25) is 0 Å². The number of anilines is 4. The van der Waals surface area contributed by atoms with Crippen LogP contribution < -0.4 is 30.7 Å².